The van der Waals surface area contributed by atoms with E-state index in [-0.39, 0.29) is 6.10 Å². The first kappa shape index (κ1) is 13.2. The SMILES string of the molecule is CCC(O)CCCN(C)Cc1nccn1C. The minimum atomic E-state index is -0.137. The van der Waals surface area contributed by atoms with Crippen LogP contribution in [-0.2, 0) is 13.6 Å². The molecule has 0 radical (unpaired) electrons. The molecule has 0 spiro atoms. The molecule has 0 saturated carbocycles. The van der Waals surface area contributed by atoms with Crippen molar-refractivity contribution in [3.05, 3.63) is 18.2 Å². The number of imidazole rings is 1. The van der Waals surface area contributed by atoms with Crippen LogP contribution in [0.3, 0.4) is 0 Å². The predicted molar refractivity (Wildman–Crippen MR) is 65.1 cm³/mol. The van der Waals surface area contributed by atoms with E-state index >= 15 is 0 Å². The van der Waals surface area contributed by atoms with Gasteiger partial charge in [0.25, 0.3) is 0 Å². The van der Waals surface area contributed by atoms with Crippen LogP contribution in [-0.4, -0.2) is 39.3 Å². The standard InChI is InChI=1S/C12H23N3O/c1-4-11(16)6-5-8-14(2)10-12-13-7-9-15(12)3/h7,9,11,16H,4-6,8,10H2,1-3H3. The highest BCUT2D eigenvalue weighted by Gasteiger charge is 2.05. The predicted octanol–water partition coefficient (Wildman–Crippen LogP) is 1.40. The molecule has 0 bridgehead atoms. The first-order chi connectivity index (χ1) is 7.63. The molecule has 0 aliphatic heterocycles. The second-order valence-corrected chi connectivity index (χ2v) is 4.40. The van der Waals surface area contributed by atoms with E-state index in [2.05, 4.69) is 16.9 Å². The summed E-state index contributed by atoms with van der Waals surface area (Å²) in [4.78, 5) is 6.53. The van der Waals surface area contributed by atoms with Crippen LogP contribution in [0, 0.1) is 0 Å². The number of aliphatic hydroxyl groups excluding tert-OH is 1. The highest BCUT2D eigenvalue weighted by Crippen LogP contribution is 2.04. The van der Waals surface area contributed by atoms with Crippen LogP contribution in [0.4, 0.5) is 0 Å². The summed E-state index contributed by atoms with van der Waals surface area (Å²) >= 11 is 0. The molecule has 4 heteroatoms. The fourth-order valence-electron chi connectivity index (χ4n) is 1.67. The third-order valence-corrected chi connectivity index (χ3v) is 2.88. The normalized spacial score (nSPS) is 13.3. The Balaban J connectivity index is 2.21. The Bertz CT molecular complexity index is 298. The Kier molecular flexibility index (Phi) is 5.49. The summed E-state index contributed by atoms with van der Waals surface area (Å²) in [5, 5.41) is 9.44. The molecule has 1 heterocycles. The monoisotopic (exact) mass is 225 g/mol. The summed E-state index contributed by atoms with van der Waals surface area (Å²) in [6.07, 6.45) is 6.43. The van der Waals surface area contributed by atoms with Crippen molar-refractivity contribution >= 4 is 0 Å². The van der Waals surface area contributed by atoms with Crippen LogP contribution in [0.25, 0.3) is 0 Å². The fraction of sp³-hybridized carbons (Fsp3) is 0.750. The van der Waals surface area contributed by atoms with E-state index in [1.54, 1.807) is 0 Å². The van der Waals surface area contributed by atoms with E-state index in [4.69, 9.17) is 0 Å². The topological polar surface area (TPSA) is 41.3 Å². The molecule has 1 unspecified atom stereocenters. The van der Waals surface area contributed by atoms with Crippen LogP contribution < -0.4 is 0 Å². The Morgan fingerprint density at radius 1 is 1.56 bits per heavy atom. The third-order valence-electron chi connectivity index (χ3n) is 2.88. The lowest BCUT2D eigenvalue weighted by molar-refractivity contribution is 0.151. The first-order valence-corrected chi connectivity index (χ1v) is 5.96. The molecule has 0 aliphatic carbocycles. The maximum absolute atomic E-state index is 9.44. The molecule has 16 heavy (non-hydrogen) atoms. The van der Waals surface area contributed by atoms with Gasteiger partial charge in [0, 0.05) is 19.4 Å². The maximum atomic E-state index is 9.44. The molecule has 4 nitrogen and oxygen atoms in total. The molecule has 1 aromatic rings. The van der Waals surface area contributed by atoms with Crippen LogP contribution in [0.2, 0.25) is 0 Å². The second-order valence-electron chi connectivity index (χ2n) is 4.40. The van der Waals surface area contributed by atoms with Crippen LogP contribution in [0.1, 0.15) is 32.0 Å². The van der Waals surface area contributed by atoms with Gasteiger partial charge in [0.1, 0.15) is 5.82 Å². The summed E-state index contributed by atoms with van der Waals surface area (Å²) in [6, 6.07) is 0. The van der Waals surface area contributed by atoms with Crippen LogP contribution in [0.15, 0.2) is 12.4 Å². The van der Waals surface area contributed by atoms with Gasteiger partial charge in [-0.3, -0.25) is 4.90 Å². The summed E-state index contributed by atoms with van der Waals surface area (Å²) in [6.45, 7) is 3.89. The Hall–Kier alpha value is -0.870. The van der Waals surface area contributed by atoms with Gasteiger partial charge in [-0.05, 0) is 32.9 Å². The van der Waals surface area contributed by atoms with Gasteiger partial charge in [-0.25, -0.2) is 4.98 Å². The molecule has 1 rings (SSSR count). The van der Waals surface area contributed by atoms with Gasteiger partial charge in [0.15, 0.2) is 0 Å². The summed E-state index contributed by atoms with van der Waals surface area (Å²) in [5.41, 5.74) is 0. The lowest BCUT2D eigenvalue weighted by Crippen LogP contribution is -2.22. The molecular weight excluding hydrogens is 202 g/mol. The lowest BCUT2D eigenvalue weighted by Gasteiger charge is -2.17. The average Bonchev–Trinajstić information content (AvgIpc) is 2.64. The average molecular weight is 225 g/mol. The summed E-state index contributed by atoms with van der Waals surface area (Å²) in [7, 11) is 4.10. The van der Waals surface area contributed by atoms with Crippen molar-refractivity contribution in [3.8, 4) is 0 Å². The van der Waals surface area contributed by atoms with Gasteiger partial charge < -0.3 is 9.67 Å². The van der Waals surface area contributed by atoms with Gasteiger partial charge in [-0.2, -0.15) is 0 Å². The molecule has 1 aromatic heterocycles. The van der Waals surface area contributed by atoms with E-state index < -0.39 is 0 Å². The van der Waals surface area contributed by atoms with Crippen molar-refractivity contribution in [1.82, 2.24) is 14.5 Å². The van der Waals surface area contributed by atoms with Gasteiger partial charge in [-0.1, -0.05) is 6.92 Å². The van der Waals surface area contributed by atoms with Crippen LogP contribution in [0.5, 0.6) is 0 Å². The first-order valence-electron chi connectivity index (χ1n) is 5.96. The highest BCUT2D eigenvalue weighted by molar-refractivity contribution is 4.90. The summed E-state index contributed by atoms with van der Waals surface area (Å²) in [5.74, 6) is 1.08. The molecular formula is C12H23N3O. The zero-order valence-corrected chi connectivity index (χ0v) is 10.6. The zero-order chi connectivity index (χ0) is 12.0. The molecule has 0 aliphatic rings. The number of aromatic nitrogens is 2. The summed E-state index contributed by atoms with van der Waals surface area (Å²) < 4.78 is 2.04. The Morgan fingerprint density at radius 2 is 2.31 bits per heavy atom. The zero-order valence-electron chi connectivity index (χ0n) is 10.6. The molecule has 0 fully saturated rings. The number of aliphatic hydroxyl groups is 1. The largest absolute Gasteiger partial charge is 0.393 e. The van der Waals surface area contributed by atoms with E-state index in [1.165, 1.54) is 0 Å². The number of aryl methyl sites for hydroxylation is 1. The van der Waals surface area contributed by atoms with E-state index in [0.717, 1.165) is 38.2 Å². The second kappa shape index (κ2) is 6.66. The fourth-order valence-corrected chi connectivity index (χ4v) is 1.67. The lowest BCUT2D eigenvalue weighted by atomic mass is 10.1. The molecule has 0 saturated heterocycles. The Labute approximate surface area is 97.9 Å². The number of hydrogen-bond donors (Lipinski definition) is 1. The minimum absolute atomic E-state index is 0.137. The molecule has 1 N–H and O–H groups in total. The minimum Gasteiger partial charge on any atom is -0.393 e. The van der Waals surface area contributed by atoms with Crippen molar-refractivity contribution in [2.45, 2.75) is 38.8 Å². The number of hydrogen-bond acceptors (Lipinski definition) is 3. The van der Waals surface area contributed by atoms with E-state index in [1.807, 2.05) is 30.9 Å². The van der Waals surface area contributed by atoms with Gasteiger partial charge in [-0.15, -0.1) is 0 Å². The number of rotatable bonds is 7. The molecule has 92 valence electrons. The van der Waals surface area contributed by atoms with Crippen molar-refractivity contribution in [3.63, 3.8) is 0 Å². The molecule has 1 atom stereocenters. The maximum Gasteiger partial charge on any atom is 0.122 e. The molecule has 0 amide bonds. The van der Waals surface area contributed by atoms with Crippen molar-refractivity contribution in [2.24, 2.45) is 7.05 Å². The van der Waals surface area contributed by atoms with Gasteiger partial charge in [0.05, 0.1) is 12.6 Å². The molecule has 0 aromatic carbocycles. The van der Waals surface area contributed by atoms with Crippen molar-refractivity contribution in [2.75, 3.05) is 13.6 Å². The van der Waals surface area contributed by atoms with E-state index in [9.17, 15) is 5.11 Å². The Morgan fingerprint density at radius 3 is 2.88 bits per heavy atom. The van der Waals surface area contributed by atoms with E-state index in [0.29, 0.717) is 0 Å². The van der Waals surface area contributed by atoms with Crippen molar-refractivity contribution < 1.29 is 5.11 Å². The quantitative estimate of drug-likeness (QED) is 0.762. The smallest absolute Gasteiger partial charge is 0.122 e. The van der Waals surface area contributed by atoms with Gasteiger partial charge in [0.2, 0.25) is 0 Å². The van der Waals surface area contributed by atoms with Crippen molar-refractivity contribution in [1.29, 1.82) is 0 Å². The third kappa shape index (κ3) is 4.33. The number of nitrogens with zero attached hydrogens (tertiary/aromatic N) is 3. The highest BCUT2D eigenvalue weighted by atomic mass is 16.3. The van der Waals surface area contributed by atoms with Crippen LogP contribution >= 0.6 is 0 Å². The van der Waals surface area contributed by atoms with Gasteiger partial charge >= 0.3 is 0 Å².